The Bertz CT molecular complexity index is 772. The van der Waals surface area contributed by atoms with Crippen molar-refractivity contribution in [1.82, 2.24) is 5.43 Å². The fourth-order valence-corrected chi connectivity index (χ4v) is 1.78. The smallest absolute Gasteiger partial charge is 0.271 e. The van der Waals surface area contributed by atoms with E-state index in [1.165, 1.54) is 13.1 Å². The van der Waals surface area contributed by atoms with Gasteiger partial charge in [0.05, 0.1) is 17.8 Å². The highest BCUT2D eigenvalue weighted by Gasteiger charge is 2.04. The third-order valence-corrected chi connectivity index (χ3v) is 2.89. The average molecular weight is 306 g/mol. The van der Waals surface area contributed by atoms with E-state index in [1.807, 2.05) is 6.07 Å². The molecule has 0 unspecified atom stereocenters. The lowest BCUT2D eigenvalue weighted by Gasteiger charge is -2.03. The summed E-state index contributed by atoms with van der Waals surface area (Å²) in [6.07, 6.45) is 1.49. The molecule has 0 heterocycles. The predicted octanol–water partition coefficient (Wildman–Crippen LogP) is 2.28. The molecule has 0 aliphatic heterocycles. The van der Waals surface area contributed by atoms with Gasteiger partial charge in [0.2, 0.25) is 5.91 Å². The largest absolute Gasteiger partial charge is 0.326 e. The van der Waals surface area contributed by atoms with Gasteiger partial charge in [0, 0.05) is 18.2 Å². The van der Waals surface area contributed by atoms with Gasteiger partial charge >= 0.3 is 0 Å². The molecule has 6 heteroatoms. The molecule has 0 spiro atoms. The number of anilines is 1. The van der Waals surface area contributed by atoms with Crippen LogP contribution < -0.4 is 10.7 Å². The summed E-state index contributed by atoms with van der Waals surface area (Å²) in [7, 11) is 0. The molecule has 114 valence electrons. The number of nitriles is 1. The Balaban J connectivity index is 1.94. The van der Waals surface area contributed by atoms with Gasteiger partial charge in [-0.25, -0.2) is 5.43 Å². The third-order valence-electron chi connectivity index (χ3n) is 2.89. The molecule has 2 amide bonds. The van der Waals surface area contributed by atoms with Crippen LogP contribution in [0.3, 0.4) is 0 Å². The number of benzene rings is 2. The van der Waals surface area contributed by atoms with Crippen molar-refractivity contribution in [3.8, 4) is 6.07 Å². The topological polar surface area (TPSA) is 94.3 Å². The quantitative estimate of drug-likeness (QED) is 0.670. The number of carbonyl (C=O) groups excluding carboxylic acids is 2. The molecule has 2 aromatic carbocycles. The second kappa shape index (κ2) is 7.52. The van der Waals surface area contributed by atoms with Crippen LogP contribution in [0.1, 0.15) is 28.4 Å². The highest BCUT2D eigenvalue weighted by Crippen LogP contribution is 2.09. The Morgan fingerprint density at radius 1 is 1.09 bits per heavy atom. The zero-order valence-corrected chi connectivity index (χ0v) is 12.4. The fraction of sp³-hybridized carbons (Fsp3) is 0.0588. The van der Waals surface area contributed by atoms with Crippen LogP contribution in [0.2, 0.25) is 0 Å². The van der Waals surface area contributed by atoms with E-state index in [0.29, 0.717) is 16.8 Å². The normalized spacial score (nSPS) is 10.1. The maximum Gasteiger partial charge on any atom is 0.271 e. The van der Waals surface area contributed by atoms with E-state index >= 15 is 0 Å². The number of nitrogens with one attached hydrogen (secondary N) is 2. The number of nitrogens with zero attached hydrogens (tertiary/aromatic N) is 2. The minimum atomic E-state index is -0.357. The SMILES string of the molecule is CC(=O)Nc1ccc(C(=O)N/N=C\c2ccc(C#N)cc2)cc1. The molecular weight excluding hydrogens is 292 g/mol. The van der Waals surface area contributed by atoms with Crippen molar-refractivity contribution in [3.63, 3.8) is 0 Å². The summed E-state index contributed by atoms with van der Waals surface area (Å²) in [5.74, 6) is -0.529. The van der Waals surface area contributed by atoms with Gasteiger partial charge in [0.1, 0.15) is 0 Å². The van der Waals surface area contributed by atoms with Crippen molar-refractivity contribution >= 4 is 23.7 Å². The number of carbonyl (C=O) groups is 2. The van der Waals surface area contributed by atoms with Crippen molar-refractivity contribution in [2.75, 3.05) is 5.32 Å². The van der Waals surface area contributed by atoms with Crippen LogP contribution in [0.15, 0.2) is 53.6 Å². The Kier molecular flexibility index (Phi) is 5.21. The Morgan fingerprint density at radius 3 is 2.30 bits per heavy atom. The van der Waals surface area contributed by atoms with Gasteiger partial charge in [0.25, 0.3) is 5.91 Å². The second-order valence-electron chi connectivity index (χ2n) is 4.69. The van der Waals surface area contributed by atoms with Crippen LogP contribution in [0.5, 0.6) is 0 Å². The minimum absolute atomic E-state index is 0.172. The first-order valence-corrected chi connectivity index (χ1v) is 6.80. The van der Waals surface area contributed by atoms with Gasteiger partial charge in [-0.1, -0.05) is 12.1 Å². The van der Waals surface area contributed by atoms with Crippen LogP contribution in [-0.4, -0.2) is 18.0 Å². The van der Waals surface area contributed by atoms with Gasteiger partial charge in [-0.2, -0.15) is 10.4 Å². The predicted molar refractivity (Wildman–Crippen MR) is 87.0 cm³/mol. The minimum Gasteiger partial charge on any atom is -0.326 e. The van der Waals surface area contributed by atoms with E-state index < -0.39 is 0 Å². The molecular formula is C17H14N4O2. The van der Waals surface area contributed by atoms with Crippen LogP contribution in [-0.2, 0) is 4.79 Å². The first-order valence-electron chi connectivity index (χ1n) is 6.80. The summed E-state index contributed by atoms with van der Waals surface area (Å²) >= 11 is 0. The van der Waals surface area contributed by atoms with Crippen molar-refractivity contribution in [2.45, 2.75) is 6.92 Å². The summed E-state index contributed by atoms with van der Waals surface area (Å²) in [6, 6.07) is 15.3. The van der Waals surface area contributed by atoms with Crippen LogP contribution in [0, 0.1) is 11.3 Å². The Hall–Kier alpha value is -3.46. The lowest BCUT2D eigenvalue weighted by atomic mass is 10.2. The zero-order chi connectivity index (χ0) is 16.7. The zero-order valence-electron chi connectivity index (χ0n) is 12.4. The Morgan fingerprint density at radius 2 is 1.74 bits per heavy atom. The molecule has 2 rings (SSSR count). The van der Waals surface area contributed by atoms with Gasteiger partial charge in [-0.15, -0.1) is 0 Å². The van der Waals surface area contributed by atoms with Gasteiger partial charge in [0.15, 0.2) is 0 Å². The highest BCUT2D eigenvalue weighted by molar-refractivity contribution is 5.96. The molecule has 0 aliphatic carbocycles. The second-order valence-corrected chi connectivity index (χ2v) is 4.69. The van der Waals surface area contributed by atoms with E-state index in [1.54, 1.807) is 48.5 Å². The molecule has 2 aromatic rings. The van der Waals surface area contributed by atoms with Crippen molar-refractivity contribution in [3.05, 3.63) is 65.2 Å². The van der Waals surface area contributed by atoms with Gasteiger partial charge < -0.3 is 5.32 Å². The first-order chi connectivity index (χ1) is 11.1. The van der Waals surface area contributed by atoms with E-state index in [2.05, 4.69) is 15.8 Å². The molecule has 0 radical (unpaired) electrons. The molecule has 0 saturated carbocycles. The summed E-state index contributed by atoms with van der Waals surface area (Å²) in [4.78, 5) is 22.8. The number of rotatable bonds is 4. The van der Waals surface area contributed by atoms with E-state index in [4.69, 9.17) is 5.26 Å². The molecule has 0 fully saturated rings. The molecule has 0 bridgehead atoms. The number of hydrogen-bond donors (Lipinski definition) is 2. The monoisotopic (exact) mass is 306 g/mol. The third kappa shape index (κ3) is 4.79. The van der Waals surface area contributed by atoms with Crippen LogP contribution >= 0.6 is 0 Å². The summed E-state index contributed by atoms with van der Waals surface area (Å²) in [5, 5.41) is 15.2. The molecule has 6 nitrogen and oxygen atoms in total. The maximum absolute atomic E-state index is 11.9. The van der Waals surface area contributed by atoms with Crippen molar-refractivity contribution in [2.24, 2.45) is 5.10 Å². The summed E-state index contributed by atoms with van der Waals surface area (Å²) in [5.41, 5.74) is 4.79. The molecule has 0 aromatic heterocycles. The molecule has 0 saturated heterocycles. The lowest BCUT2D eigenvalue weighted by Crippen LogP contribution is -2.17. The van der Waals surface area contributed by atoms with Gasteiger partial charge in [-0.05, 0) is 42.0 Å². The first kappa shape index (κ1) is 15.9. The standard InChI is InChI=1S/C17H14N4O2/c1-12(22)20-16-8-6-15(7-9-16)17(23)21-19-11-14-4-2-13(10-18)3-5-14/h2-9,11H,1H3,(H,20,22)(H,21,23)/b19-11-. The average Bonchev–Trinajstić information content (AvgIpc) is 2.55. The summed E-state index contributed by atoms with van der Waals surface area (Å²) < 4.78 is 0. The Labute approximate surface area is 133 Å². The maximum atomic E-state index is 11.9. The van der Waals surface area contributed by atoms with E-state index in [9.17, 15) is 9.59 Å². The molecule has 2 N–H and O–H groups in total. The van der Waals surface area contributed by atoms with Crippen molar-refractivity contribution in [1.29, 1.82) is 5.26 Å². The van der Waals surface area contributed by atoms with E-state index in [0.717, 1.165) is 5.56 Å². The number of amides is 2. The molecule has 0 aliphatic rings. The summed E-state index contributed by atoms with van der Waals surface area (Å²) in [6.45, 7) is 1.42. The molecule has 23 heavy (non-hydrogen) atoms. The number of hydrazone groups is 1. The van der Waals surface area contributed by atoms with E-state index in [-0.39, 0.29) is 11.8 Å². The lowest BCUT2D eigenvalue weighted by molar-refractivity contribution is -0.114. The molecule has 0 atom stereocenters. The van der Waals surface area contributed by atoms with Crippen LogP contribution in [0.25, 0.3) is 0 Å². The highest BCUT2D eigenvalue weighted by atomic mass is 16.2. The van der Waals surface area contributed by atoms with Crippen LogP contribution in [0.4, 0.5) is 5.69 Å². The fourth-order valence-electron chi connectivity index (χ4n) is 1.78. The number of hydrogen-bond acceptors (Lipinski definition) is 4. The van der Waals surface area contributed by atoms with Crippen molar-refractivity contribution < 1.29 is 9.59 Å². The van der Waals surface area contributed by atoms with Gasteiger partial charge in [-0.3, -0.25) is 9.59 Å².